The van der Waals surface area contributed by atoms with Gasteiger partial charge in [0.25, 0.3) is 5.91 Å². The lowest BCUT2D eigenvalue weighted by Crippen LogP contribution is -2.36. The summed E-state index contributed by atoms with van der Waals surface area (Å²) in [6, 6.07) is 0. The van der Waals surface area contributed by atoms with E-state index in [1.807, 2.05) is 13.0 Å². The van der Waals surface area contributed by atoms with Gasteiger partial charge in [-0.2, -0.15) is 0 Å². The molecule has 0 aromatic rings. The topological polar surface area (TPSA) is 58.2 Å². The van der Waals surface area contributed by atoms with Crippen LogP contribution in [0.2, 0.25) is 0 Å². The number of rotatable bonds is 4. The average molecular weight is 310 g/mol. The van der Waals surface area contributed by atoms with Crippen molar-refractivity contribution in [3.05, 3.63) is 25.3 Å². The molecule has 0 aromatic carbocycles. The highest BCUT2D eigenvalue weighted by atomic mass is 19.1. The Labute approximate surface area is 132 Å². The van der Waals surface area contributed by atoms with E-state index in [-0.39, 0.29) is 24.2 Å². The summed E-state index contributed by atoms with van der Waals surface area (Å²) in [7, 11) is 0. The van der Waals surface area contributed by atoms with Crippen LogP contribution in [0.15, 0.2) is 25.3 Å². The smallest absolute Gasteiger partial charge is 0.258 e. The lowest BCUT2D eigenvalue weighted by Gasteiger charge is -2.24. The van der Waals surface area contributed by atoms with Crippen LogP contribution in [0, 0.1) is 5.41 Å². The molecular weight excluding hydrogens is 283 g/mol. The molecule has 0 radical (unpaired) electrons. The summed E-state index contributed by atoms with van der Waals surface area (Å²) < 4.78 is 13.2. The van der Waals surface area contributed by atoms with Crippen LogP contribution in [0.3, 0.4) is 0 Å². The first-order valence-electron chi connectivity index (χ1n) is 7.85. The number of alkyl halides is 1. The SMILES string of the molecule is C=CC[C@]1(C)CCCCNC1=O.C=CC[C@]1(F)CCNC1=O. The minimum Gasteiger partial charge on any atom is -0.356 e. The summed E-state index contributed by atoms with van der Waals surface area (Å²) >= 11 is 0. The van der Waals surface area contributed by atoms with Crippen LogP contribution in [0.25, 0.3) is 0 Å². The lowest BCUT2D eigenvalue weighted by atomic mass is 9.82. The van der Waals surface area contributed by atoms with Crippen LogP contribution >= 0.6 is 0 Å². The van der Waals surface area contributed by atoms with Crippen molar-refractivity contribution in [2.45, 2.75) is 51.1 Å². The molecule has 22 heavy (non-hydrogen) atoms. The first-order valence-corrected chi connectivity index (χ1v) is 7.85. The van der Waals surface area contributed by atoms with Gasteiger partial charge in [-0.25, -0.2) is 4.39 Å². The van der Waals surface area contributed by atoms with Crippen LogP contribution in [0.1, 0.15) is 45.4 Å². The summed E-state index contributed by atoms with van der Waals surface area (Å²) in [5.74, 6) is -0.299. The first-order chi connectivity index (χ1) is 10.4. The van der Waals surface area contributed by atoms with Crippen molar-refractivity contribution in [1.82, 2.24) is 10.6 Å². The summed E-state index contributed by atoms with van der Waals surface area (Å²) in [5.41, 5.74) is -1.86. The maximum Gasteiger partial charge on any atom is 0.258 e. The van der Waals surface area contributed by atoms with Crippen molar-refractivity contribution in [2.75, 3.05) is 13.1 Å². The molecule has 2 amide bonds. The summed E-state index contributed by atoms with van der Waals surface area (Å²) in [6.07, 6.45) is 7.71. The zero-order valence-corrected chi connectivity index (χ0v) is 13.4. The fourth-order valence-electron chi connectivity index (χ4n) is 2.75. The molecule has 0 bridgehead atoms. The van der Waals surface area contributed by atoms with Crippen molar-refractivity contribution in [1.29, 1.82) is 0 Å². The number of halogens is 1. The van der Waals surface area contributed by atoms with E-state index in [1.165, 1.54) is 6.08 Å². The molecule has 124 valence electrons. The van der Waals surface area contributed by atoms with Crippen molar-refractivity contribution in [2.24, 2.45) is 5.41 Å². The van der Waals surface area contributed by atoms with Gasteiger partial charge >= 0.3 is 0 Å². The van der Waals surface area contributed by atoms with Crippen LogP contribution in [0.4, 0.5) is 4.39 Å². The second-order valence-corrected chi connectivity index (χ2v) is 6.23. The maximum atomic E-state index is 13.2. The Kier molecular flexibility index (Phi) is 6.78. The fraction of sp³-hybridized carbons (Fsp3) is 0.647. The van der Waals surface area contributed by atoms with E-state index < -0.39 is 11.6 Å². The molecule has 2 rings (SSSR count). The predicted octanol–water partition coefficient (Wildman–Crippen LogP) is 2.66. The third kappa shape index (κ3) is 4.68. The molecule has 2 aliphatic heterocycles. The van der Waals surface area contributed by atoms with Gasteiger partial charge in [-0.1, -0.05) is 25.5 Å². The van der Waals surface area contributed by atoms with Crippen LogP contribution in [-0.4, -0.2) is 30.6 Å². The van der Waals surface area contributed by atoms with Gasteiger partial charge in [-0.3, -0.25) is 9.59 Å². The fourth-order valence-corrected chi connectivity index (χ4v) is 2.75. The van der Waals surface area contributed by atoms with E-state index in [1.54, 1.807) is 0 Å². The van der Waals surface area contributed by atoms with Crippen LogP contribution in [0.5, 0.6) is 0 Å². The minimum atomic E-state index is -1.66. The van der Waals surface area contributed by atoms with Crippen molar-refractivity contribution < 1.29 is 14.0 Å². The van der Waals surface area contributed by atoms with Gasteiger partial charge in [0.2, 0.25) is 5.91 Å². The van der Waals surface area contributed by atoms with E-state index in [0.717, 1.165) is 32.2 Å². The van der Waals surface area contributed by atoms with Gasteiger partial charge in [-0.05, 0) is 19.3 Å². The summed E-state index contributed by atoms with van der Waals surface area (Å²) in [6.45, 7) is 10.4. The van der Waals surface area contributed by atoms with E-state index in [4.69, 9.17) is 0 Å². The Balaban J connectivity index is 0.000000224. The van der Waals surface area contributed by atoms with Gasteiger partial charge in [0.05, 0.1) is 0 Å². The molecule has 2 saturated heterocycles. The van der Waals surface area contributed by atoms with Crippen LogP contribution in [-0.2, 0) is 9.59 Å². The van der Waals surface area contributed by atoms with E-state index in [9.17, 15) is 14.0 Å². The summed E-state index contributed by atoms with van der Waals surface area (Å²) in [5, 5.41) is 5.37. The van der Waals surface area contributed by atoms with Gasteiger partial charge < -0.3 is 10.6 Å². The Bertz CT molecular complexity index is 438. The molecule has 5 heteroatoms. The third-order valence-corrected chi connectivity index (χ3v) is 4.27. The van der Waals surface area contributed by atoms with E-state index in [2.05, 4.69) is 23.8 Å². The van der Waals surface area contributed by atoms with Gasteiger partial charge in [0, 0.05) is 31.3 Å². The predicted molar refractivity (Wildman–Crippen MR) is 86.1 cm³/mol. The number of nitrogens with one attached hydrogen (secondary N) is 2. The molecule has 2 aliphatic rings. The molecule has 2 atom stereocenters. The zero-order valence-electron chi connectivity index (χ0n) is 13.4. The molecule has 0 unspecified atom stereocenters. The Morgan fingerprint density at radius 1 is 1.05 bits per heavy atom. The Morgan fingerprint density at radius 2 is 1.68 bits per heavy atom. The average Bonchev–Trinajstić information content (AvgIpc) is 2.69. The molecule has 0 aliphatic carbocycles. The normalized spacial score (nSPS) is 31.2. The maximum absolute atomic E-state index is 13.2. The van der Waals surface area contributed by atoms with Gasteiger partial charge in [0.15, 0.2) is 5.67 Å². The quantitative estimate of drug-likeness (QED) is 0.784. The standard InChI is InChI=1S/C10H17NO.C7H10FNO/c1-3-6-10(2)7-4-5-8-11-9(10)12;1-2-3-7(8)4-5-9-6(7)10/h3H,1,4-8H2,2H3,(H,11,12);2H,1,3-5H2,(H,9,10)/t10-;7-/m10/s1. The number of hydrogen-bond acceptors (Lipinski definition) is 2. The monoisotopic (exact) mass is 310 g/mol. The largest absolute Gasteiger partial charge is 0.356 e. The van der Waals surface area contributed by atoms with Crippen LogP contribution < -0.4 is 10.6 Å². The number of hydrogen-bond donors (Lipinski definition) is 2. The highest BCUT2D eigenvalue weighted by Gasteiger charge is 2.41. The molecule has 0 aromatic heterocycles. The lowest BCUT2D eigenvalue weighted by molar-refractivity contribution is -0.130. The molecule has 2 heterocycles. The van der Waals surface area contributed by atoms with Crippen molar-refractivity contribution >= 4 is 11.8 Å². The first kappa shape index (κ1) is 18.4. The Hall–Kier alpha value is -1.65. The molecule has 2 N–H and O–H groups in total. The molecular formula is C17H27FN2O2. The number of amides is 2. The molecule has 4 nitrogen and oxygen atoms in total. The number of allylic oxidation sites excluding steroid dienone is 2. The zero-order chi connectivity index (χ0) is 16.6. The number of carbonyl (C=O) groups is 2. The molecule has 0 saturated carbocycles. The van der Waals surface area contributed by atoms with Gasteiger partial charge in [-0.15, -0.1) is 13.2 Å². The van der Waals surface area contributed by atoms with E-state index in [0.29, 0.717) is 6.54 Å². The van der Waals surface area contributed by atoms with Gasteiger partial charge in [0.1, 0.15) is 0 Å². The van der Waals surface area contributed by atoms with E-state index >= 15 is 0 Å². The Morgan fingerprint density at radius 3 is 2.23 bits per heavy atom. The minimum absolute atomic E-state index is 0.124. The molecule has 2 fully saturated rings. The highest BCUT2D eigenvalue weighted by Crippen LogP contribution is 2.30. The third-order valence-electron chi connectivity index (χ3n) is 4.27. The number of carbonyl (C=O) groups excluding carboxylic acids is 2. The van der Waals surface area contributed by atoms with Crippen molar-refractivity contribution in [3.63, 3.8) is 0 Å². The second kappa shape index (κ2) is 8.11. The van der Waals surface area contributed by atoms with Crippen molar-refractivity contribution in [3.8, 4) is 0 Å². The second-order valence-electron chi connectivity index (χ2n) is 6.23. The highest BCUT2D eigenvalue weighted by molar-refractivity contribution is 5.87. The summed E-state index contributed by atoms with van der Waals surface area (Å²) in [4.78, 5) is 22.3. The molecule has 0 spiro atoms.